The first-order chi connectivity index (χ1) is 25.1. The van der Waals surface area contributed by atoms with Gasteiger partial charge in [0.25, 0.3) is 0 Å². The molecule has 0 aromatic heterocycles. The minimum atomic E-state index is 0.500. The van der Waals surface area contributed by atoms with Gasteiger partial charge in [0.1, 0.15) is 0 Å². The topological polar surface area (TPSA) is 0 Å². The van der Waals surface area contributed by atoms with E-state index in [1.807, 2.05) is 0 Å². The van der Waals surface area contributed by atoms with Crippen molar-refractivity contribution in [3.05, 3.63) is 0 Å². The Balaban J connectivity index is -0.0000000445. The van der Waals surface area contributed by atoms with Gasteiger partial charge in [-0.1, -0.05) is 319 Å². The zero-order valence-corrected chi connectivity index (χ0v) is 48.2. The van der Waals surface area contributed by atoms with Gasteiger partial charge < -0.3 is 0 Å². The van der Waals surface area contributed by atoms with Gasteiger partial charge in [-0.2, -0.15) is 0 Å². The maximum atomic E-state index is 2.26. The van der Waals surface area contributed by atoms with Crippen LogP contribution in [0.25, 0.3) is 0 Å². The van der Waals surface area contributed by atoms with Crippen LogP contribution in [-0.4, -0.2) is 0 Å². The zero-order chi connectivity index (χ0) is 48.2. The Hall–Kier alpha value is 0. The molecule has 0 amide bonds. The van der Waals surface area contributed by atoms with Crippen molar-refractivity contribution in [3.8, 4) is 0 Å². The molecule has 358 valence electrons. The molecule has 0 aliphatic carbocycles. The average Bonchev–Trinajstić information content (AvgIpc) is 3.04. The van der Waals surface area contributed by atoms with E-state index in [0.29, 0.717) is 16.2 Å². The van der Waals surface area contributed by atoms with Gasteiger partial charge in [0.05, 0.1) is 0 Å². The van der Waals surface area contributed by atoms with Crippen LogP contribution in [0.2, 0.25) is 0 Å². The summed E-state index contributed by atoms with van der Waals surface area (Å²) in [5.41, 5.74) is 1.54. The molecule has 0 aliphatic heterocycles. The number of unbranched alkanes of at least 4 members (excludes halogenated alkanes) is 6. The van der Waals surface area contributed by atoms with E-state index < -0.39 is 0 Å². The van der Waals surface area contributed by atoms with E-state index in [0.717, 1.165) is 35.5 Å². The first kappa shape index (κ1) is 83.7. The van der Waals surface area contributed by atoms with Crippen molar-refractivity contribution < 1.29 is 0 Å². The van der Waals surface area contributed by atoms with Crippen LogP contribution in [0.3, 0.4) is 0 Å². The van der Waals surface area contributed by atoms with Crippen molar-refractivity contribution in [2.75, 3.05) is 0 Å². The van der Waals surface area contributed by atoms with Gasteiger partial charge in [-0.25, -0.2) is 0 Å². The van der Waals surface area contributed by atoms with Crippen LogP contribution in [-0.2, 0) is 0 Å². The molecule has 0 saturated heterocycles. The number of rotatable bonds is 9. The van der Waals surface area contributed by atoms with E-state index in [2.05, 4.69) is 235 Å². The molecule has 0 heterocycles. The highest BCUT2D eigenvalue weighted by atomic mass is 14.2. The lowest BCUT2D eigenvalue weighted by molar-refractivity contribution is 0.283. The van der Waals surface area contributed by atoms with E-state index in [1.54, 1.807) is 0 Å². The molecule has 56 heavy (non-hydrogen) atoms. The molecule has 0 nitrogen and oxygen atoms in total. The summed E-state index contributed by atoms with van der Waals surface area (Å²) in [6.45, 7) is 75.2. The fraction of sp³-hybridized carbons (Fsp3) is 1.00. The highest BCUT2D eigenvalue weighted by Crippen LogP contribution is 2.23. The van der Waals surface area contributed by atoms with E-state index in [4.69, 9.17) is 0 Å². The van der Waals surface area contributed by atoms with Crippen molar-refractivity contribution in [1.29, 1.82) is 0 Å². The van der Waals surface area contributed by atoms with Crippen LogP contribution >= 0.6 is 0 Å². The Kier molecular flexibility index (Phi) is 99.8. The molecule has 0 fully saturated rings. The summed E-state index contributed by atoms with van der Waals surface area (Å²) in [6, 6.07) is 0. The lowest BCUT2D eigenvalue weighted by Crippen LogP contribution is -2.12. The largest absolute Gasteiger partial charge is 0.0656 e. The fourth-order valence-corrected chi connectivity index (χ4v) is 0.854. The Bertz CT molecular complexity index is 479. The van der Waals surface area contributed by atoms with Gasteiger partial charge in [0, 0.05) is 0 Å². The van der Waals surface area contributed by atoms with Gasteiger partial charge in [0.2, 0.25) is 0 Å². The van der Waals surface area contributed by atoms with Gasteiger partial charge in [-0.05, 0) is 51.8 Å². The quantitative estimate of drug-likeness (QED) is 0.204. The number of hydrogen-bond acceptors (Lipinski definition) is 0. The third-order valence-corrected chi connectivity index (χ3v) is 7.92. The SMILES string of the molecule is CC(C)(C)C.CC(C)C.CC(C)C(C)(C)C.CC(C)C(C)C.CCC.CCC(C)(C)C.CCC(C)C.CCC(C)C.CCCC.CCCCC.CCCCCC. The summed E-state index contributed by atoms with van der Waals surface area (Å²) < 4.78 is 0. The smallest absolute Gasteiger partial charge is 0.0360 e. The molecule has 0 aromatic carbocycles. The molecule has 0 heteroatoms. The zero-order valence-electron chi connectivity index (χ0n) is 48.2. The summed E-state index contributed by atoms with van der Waals surface area (Å²) in [7, 11) is 0. The Morgan fingerprint density at radius 3 is 0.500 bits per heavy atom. The van der Waals surface area contributed by atoms with E-state index in [-0.39, 0.29) is 0 Å². The highest BCUT2D eigenvalue weighted by molar-refractivity contribution is 4.64. The molecule has 0 aromatic rings. The first-order valence-corrected chi connectivity index (χ1v) is 25.1. The molecule has 0 rings (SSSR count). The molecular weight excluding hydrogens is 673 g/mol. The molecule has 0 unspecified atom stereocenters. The molecule has 0 saturated carbocycles. The third kappa shape index (κ3) is 287. The minimum absolute atomic E-state index is 0.500. The van der Waals surface area contributed by atoms with Crippen LogP contribution in [0.4, 0.5) is 0 Å². The second kappa shape index (κ2) is 66.8. The van der Waals surface area contributed by atoms with Crippen molar-refractivity contribution in [2.24, 2.45) is 51.8 Å². The first-order valence-electron chi connectivity index (χ1n) is 25.1. The molecule has 0 atom stereocenters. The lowest BCUT2D eigenvalue weighted by Gasteiger charge is -2.22. The maximum Gasteiger partial charge on any atom is -0.0360 e. The van der Waals surface area contributed by atoms with E-state index >= 15 is 0 Å². The molecule has 0 spiro atoms. The Morgan fingerprint density at radius 1 is 0.339 bits per heavy atom. The summed E-state index contributed by atoms with van der Waals surface area (Å²) in [5.74, 6) is 5.10. The lowest BCUT2D eigenvalue weighted by atomic mass is 9.84. The van der Waals surface area contributed by atoms with Gasteiger partial charge in [0.15, 0.2) is 0 Å². The summed E-state index contributed by atoms with van der Waals surface area (Å²) in [5, 5.41) is 0. The van der Waals surface area contributed by atoms with E-state index in [1.165, 1.54) is 83.5 Å². The monoisotopic (exact) mass is 807 g/mol. The van der Waals surface area contributed by atoms with Crippen molar-refractivity contribution >= 4 is 0 Å². The van der Waals surface area contributed by atoms with Crippen LogP contribution in [0.1, 0.15) is 319 Å². The predicted octanol–water partition coefficient (Wildman–Crippen LogP) is 23.3. The maximum absolute atomic E-state index is 2.26. The highest BCUT2D eigenvalue weighted by Gasteiger charge is 2.13. The van der Waals surface area contributed by atoms with Gasteiger partial charge >= 0.3 is 0 Å². The Morgan fingerprint density at radius 2 is 0.482 bits per heavy atom. The third-order valence-electron chi connectivity index (χ3n) is 7.92. The Labute approximate surface area is 369 Å². The van der Waals surface area contributed by atoms with Crippen LogP contribution in [0, 0.1) is 51.8 Å². The van der Waals surface area contributed by atoms with Crippen LogP contribution in [0.5, 0.6) is 0 Å². The minimum Gasteiger partial charge on any atom is -0.0656 e. The molecular formula is C56H134. The van der Waals surface area contributed by atoms with Crippen LogP contribution in [0.15, 0.2) is 0 Å². The standard InChI is InChI=1S/C7H16.3C6H14.4C5H12.2C4H10.C3H8/c1-6(2)7(3,4)5;1-5-6(2,3)4;1-5(2)6(3)4;1-3-5-6-4-2;1-5(2,3)4;2*1-4-5(2)3;1-3-5-4-2;1-4(2)3;1-3-4-2;1-3-2/h6H,1-5H3;5H2,1-4H3;5-6H,1-4H3;3-6H2,1-2H3;1-4H3;2*5H,4H2,1-3H3;3-5H2,1-2H3;4H,1-3H3;3-4H2,1-2H3;3H2,1-2H3. The molecule has 0 radical (unpaired) electrons. The molecule has 0 N–H and O–H groups in total. The number of hydrogen-bond donors (Lipinski definition) is 0. The second-order valence-corrected chi connectivity index (χ2v) is 22.0. The molecule has 0 aliphatic rings. The molecule has 0 bridgehead atoms. The second-order valence-electron chi connectivity index (χ2n) is 22.0. The normalized spacial score (nSPS) is 10.1. The van der Waals surface area contributed by atoms with Crippen molar-refractivity contribution in [1.82, 2.24) is 0 Å². The van der Waals surface area contributed by atoms with Gasteiger partial charge in [-0.3, -0.25) is 0 Å². The summed E-state index contributed by atoms with van der Waals surface area (Å²) >= 11 is 0. The summed E-state index contributed by atoms with van der Waals surface area (Å²) in [6.07, 6.45) is 17.4. The van der Waals surface area contributed by atoms with Crippen LogP contribution < -0.4 is 0 Å². The average molecular weight is 808 g/mol. The van der Waals surface area contributed by atoms with E-state index in [9.17, 15) is 0 Å². The van der Waals surface area contributed by atoms with Crippen molar-refractivity contribution in [3.63, 3.8) is 0 Å². The summed E-state index contributed by atoms with van der Waals surface area (Å²) in [4.78, 5) is 0. The fourth-order valence-electron chi connectivity index (χ4n) is 0.854. The van der Waals surface area contributed by atoms with Crippen molar-refractivity contribution in [2.45, 2.75) is 319 Å². The van der Waals surface area contributed by atoms with Gasteiger partial charge in [-0.15, -0.1) is 0 Å². The predicted molar refractivity (Wildman–Crippen MR) is 281 cm³/mol.